The molecule has 26 heavy (non-hydrogen) atoms. The van der Waals surface area contributed by atoms with E-state index in [0.29, 0.717) is 3.57 Å². The Hall–Kier alpha value is -1.43. The van der Waals surface area contributed by atoms with E-state index >= 15 is 0 Å². The molecule has 2 aromatic carbocycles. The summed E-state index contributed by atoms with van der Waals surface area (Å²) in [7, 11) is 0. The molecule has 0 amide bonds. The van der Waals surface area contributed by atoms with Gasteiger partial charge in [-0.2, -0.15) is 13.2 Å². The number of carbonyl (C=O) groups excluding carboxylic acids is 1. The zero-order chi connectivity index (χ0) is 19.7. The minimum Gasteiger partial charge on any atom is -0.420 e. The molecular formula is C16H11ClF4INO3. The molecule has 140 valence electrons. The van der Waals surface area contributed by atoms with Crippen molar-refractivity contribution in [3.8, 4) is 0 Å². The van der Waals surface area contributed by atoms with Gasteiger partial charge in [-0.15, -0.1) is 0 Å². The van der Waals surface area contributed by atoms with Crippen molar-refractivity contribution in [1.82, 2.24) is 0 Å². The van der Waals surface area contributed by atoms with E-state index in [1.807, 2.05) is 22.6 Å². The van der Waals surface area contributed by atoms with Crippen LogP contribution in [0.5, 0.6) is 0 Å². The highest BCUT2D eigenvalue weighted by Crippen LogP contribution is 2.38. The summed E-state index contributed by atoms with van der Waals surface area (Å²) in [6.07, 6.45) is -5.38. The van der Waals surface area contributed by atoms with Gasteiger partial charge in [0.1, 0.15) is 11.9 Å². The maximum absolute atomic E-state index is 14.1. The monoisotopic (exact) mass is 503 g/mol. The number of ether oxygens (including phenoxy) is 1. The second-order valence-electron chi connectivity index (χ2n) is 5.23. The van der Waals surface area contributed by atoms with Crippen LogP contribution in [0.2, 0.25) is 5.02 Å². The molecule has 10 heteroatoms. The average Bonchev–Trinajstić information content (AvgIpc) is 2.53. The second-order valence-corrected chi connectivity index (χ2v) is 6.92. The van der Waals surface area contributed by atoms with Crippen LogP contribution >= 0.6 is 34.2 Å². The van der Waals surface area contributed by atoms with E-state index < -0.39 is 29.8 Å². The highest BCUT2D eigenvalue weighted by molar-refractivity contribution is 14.1. The van der Waals surface area contributed by atoms with Crippen molar-refractivity contribution in [3.63, 3.8) is 0 Å². The Kier molecular flexibility index (Phi) is 6.16. The third-order valence-electron chi connectivity index (χ3n) is 3.46. The first kappa shape index (κ1) is 20.9. The largest absolute Gasteiger partial charge is 0.491 e. The van der Waals surface area contributed by atoms with Gasteiger partial charge in [-0.1, -0.05) is 29.8 Å². The van der Waals surface area contributed by atoms with E-state index in [-0.39, 0.29) is 16.1 Å². The zero-order valence-electron chi connectivity index (χ0n) is 12.7. The number of hydrogen-bond acceptors (Lipinski definition) is 4. The fourth-order valence-electron chi connectivity index (χ4n) is 2.15. The molecule has 2 atom stereocenters. The van der Waals surface area contributed by atoms with Gasteiger partial charge < -0.3 is 15.6 Å². The minimum atomic E-state index is -5.38. The molecule has 0 saturated carbocycles. The highest BCUT2D eigenvalue weighted by atomic mass is 127. The molecule has 0 aliphatic carbocycles. The van der Waals surface area contributed by atoms with Gasteiger partial charge in [0, 0.05) is 19.7 Å². The number of halogens is 6. The van der Waals surface area contributed by atoms with Crippen molar-refractivity contribution >= 4 is 40.2 Å². The van der Waals surface area contributed by atoms with Crippen LogP contribution in [0.25, 0.3) is 0 Å². The average molecular weight is 504 g/mol. The molecule has 4 nitrogen and oxygen atoms in total. The molecule has 0 aliphatic rings. The van der Waals surface area contributed by atoms with Crippen LogP contribution in [0.4, 0.5) is 17.6 Å². The molecule has 0 aromatic heterocycles. The first-order valence-corrected chi connectivity index (χ1v) is 8.40. The van der Waals surface area contributed by atoms with E-state index in [1.54, 1.807) is 0 Å². The van der Waals surface area contributed by atoms with E-state index in [9.17, 15) is 27.5 Å². The molecule has 2 unspecified atom stereocenters. The summed E-state index contributed by atoms with van der Waals surface area (Å²) in [5, 5.41) is 10.8. The third-order valence-corrected chi connectivity index (χ3v) is 4.41. The van der Waals surface area contributed by atoms with E-state index in [4.69, 9.17) is 17.3 Å². The van der Waals surface area contributed by atoms with Crippen LogP contribution in [0.3, 0.4) is 0 Å². The number of esters is 1. The van der Waals surface area contributed by atoms with Crippen LogP contribution in [0, 0.1) is 9.39 Å². The predicted molar refractivity (Wildman–Crippen MR) is 93.5 cm³/mol. The number of carbonyl (C=O) groups is 1. The Bertz CT molecular complexity index is 816. The zero-order valence-corrected chi connectivity index (χ0v) is 15.6. The fourth-order valence-corrected chi connectivity index (χ4v) is 2.67. The number of hydrogen-bond donors (Lipinski definition) is 2. The number of alkyl halides is 3. The third kappa shape index (κ3) is 4.45. The van der Waals surface area contributed by atoms with Crippen LogP contribution in [-0.4, -0.2) is 17.3 Å². The van der Waals surface area contributed by atoms with Gasteiger partial charge in [-0.3, -0.25) is 0 Å². The number of rotatable bonds is 4. The minimum absolute atomic E-state index is 0.0172. The van der Waals surface area contributed by atoms with Crippen molar-refractivity contribution in [1.29, 1.82) is 0 Å². The Morgan fingerprint density at radius 2 is 1.77 bits per heavy atom. The first-order chi connectivity index (χ1) is 11.9. The lowest BCUT2D eigenvalue weighted by Crippen LogP contribution is -2.45. The summed E-state index contributed by atoms with van der Waals surface area (Å²) in [6, 6.07) is 6.68. The summed E-state index contributed by atoms with van der Waals surface area (Å²) < 4.78 is 57.0. The molecule has 0 fully saturated rings. The van der Waals surface area contributed by atoms with Crippen molar-refractivity contribution < 1.29 is 32.2 Å². The Morgan fingerprint density at radius 1 is 1.19 bits per heavy atom. The van der Waals surface area contributed by atoms with Gasteiger partial charge in [0.15, 0.2) is 0 Å². The molecule has 0 radical (unpaired) electrons. The van der Waals surface area contributed by atoms with Crippen LogP contribution in [-0.2, 0) is 15.3 Å². The summed E-state index contributed by atoms with van der Waals surface area (Å²) in [5.74, 6) is -6.61. The summed E-state index contributed by atoms with van der Waals surface area (Å²) in [6.45, 7) is 0. The maximum atomic E-state index is 14.1. The number of nitrogens with two attached hydrogens (primary N) is 1. The summed E-state index contributed by atoms with van der Waals surface area (Å²) >= 11 is 7.56. The maximum Gasteiger partial charge on any atom is 0.491 e. The molecule has 0 bridgehead atoms. The van der Waals surface area contributed by atoms with Crippen molar-refractivity contribution in [3.05, 3.63) is 68.0 Å². The van der Waals surface area contributed by atoms with Crippen molar-refractivity contribution in [2.45, 2.75) is 18.0 Å². The predicted octanol–water partition coefficient (Wildman–Crippen LogP) is 4.03. The molecule has 2 rings (SSSR count). The van der Waals surface area contributed by atoms with E-state index in [1.165, 1.54) is 30.3 Å². The van der Waals surface area contributed by atoms with Gasteiger partial charge in [0.2, 0.25) is 0 Å². The number of benzene rings is 2. The SMILES string of the molecule is NC(c1ccc(Cl)cc1F)C(O)(OC(=O)C(F)(F)F)c1ccc(I)cc1. The van der Waals surface area contributed by atoms with Crippen LogP contribution < -0.4 is 5.73 Å². The van der Waals surface area contributed by atoms with Crippen LogP contribution in [0.15, 0.2) is 42.5 Å². The van der Waals surface area contributed by atoms with Gasteiger partial charge in [-0.05, 0) is 46.9 Å². The van der Waals surface area contributed by atoms with Gasteiger partial charge in [0.25, 0.3) is 5.79 Å². The molecule has 3 N–H and O–H groups in total. The smallest absolute Gasteiger partial charge is 0.420 e. The van der Waals surface area contributed by atoms with E-state index in [2.05, 4.69) is 4.74 Å². The lowest BCUT2D eigenvalue weighted by atomic mass is 9.92. The normalized spacial score (nSPS) is 15.2. The van der Waals surface area contributed by atoms with Gasteiger partial charge in [0.05, 0.1) is 0 Å². The Morgan fingerprint density at radius 3 is 2.27 bits per heavy atom. The summed E-state index contributed by atoms with van der Waals surface area (Å²) in [4.78, 5) is 11.3. The molecule has 2 aromatic rings. The van der Waals surface area contributed by atoms with Gasteiger partial charge in [-0.25, -0.2) is 9.18 Å². The standard InChI is InChI=1S/C16H11ClF4INO3/c17-9-3-6-11(12(18)7-9)13(23)15(25,26-14(24)16(19,20)21)8-1-4-10(22)5-2-8/h1-7,13,25H,23H2. The first-order valence-electron chi connectivity index (χ1n) is 6.94. The fraction of sp³-hybridized carbons (Fsp3) is 0.188. The van der Waals surface area contributed by atoms with E-state index in [0.717, 1.165) is 12.1 Å². The molecule has 0 aliphatic heterocycles. The highest BCUT2D eigenvalue weighted by Gasteiger charge is 2.50. The molecule has 0 spiro atoms. The Labute approximate surface area is 164 Å². The molecule has 0 heterocycles. The second kappa shape index (κ2) is 7.67. The number of aliphatic hydroxyl groups is 1. The lowest BCUT2D eigenvalue weighted by Gasteiger charge is -2.34. The molecule has 0 saturated heterocycles. The van der Waals surface area contributed by atoms with Crippen molar-refractivity contribution in [2.75, 3.05) is 0 Å². The molecular weight excluding hydrogens is 493 g/mol. The quantitative estimate of drug-likeness (QED) is 0.286. The summed E-state index contributed by atoms with van der Waals surface area (Å²) in [5.41, 5.74) is 5.17. The van der Waals surface area contributed by atoms with Crippen LogP contribution in [0.1, 0.15) is 17.2 Å². The van der Waals surface area contributed by atoms with Gasteiger partial charge >= 0.3 is 12.1 Å². The topological polar surface area (TPSA) is 72.6 Å². The van der Waals surface area contributed by atoms with Crippen molar-refractivity contribution in [2.24, 2.45) is 5.73 Å². The lowest BCUT2D eigenvalue weighted by molar-refractivity contribution is -0.259. The Balaban J connectivity index is 2.55.